The SMILES string of the molecule is Cc1cc(Cl)ccc1NC(=O)/C(C#N)=C/c1c(C)n(Cc2ccc(F)cc2)c2ccccc12. The number of rotatable bonds is 5. The molecule has 0 spiro atoms. The number of para-hydroxylation sites is 1. The van der Waals surface area contributed by atoms with E-state index < -0.39 is 5.91 Å². The number of fused-ring (bicyclic) bond motifs is 1. The molecule has 4 rings (SSSR count). The average molecular weight is 458 g/mol. The van der Waals surface area contributed by atoms with E-state index in [0.29, 0.717) is 17.3 Å². The summed E-state index contributed by atoms with van der Waals surface area (Å²) in [4.78, 5) is 12.9. The van der Waals surface area contributed by atoms with E-state index in [4.69, 9.17) is 11.6 Å². The summed E-state index contributed by atoms with van der Waals surface area (Å²) < 4.78 is 15.4. The third-order valence-electron chi connectivity index (χ3n) is 5.62. The van der Waals surface area contributed by atoms with Gasteiger partial charge >= 0.3 is 0 Å². The molecule has 0 atom stereocenters. The Morgan fingerprint density at radius 3 is 2.55 bits per heavy atom. The summed E-state index contributed by atoms with van der Waals surface area (Å²) in [6, 6.07) is 21.4. The maximum atomic E-state index is 13.3. The Morgan fingerprint density at radius 1 is 1.12 bits per heavy atom. The normalized spacial score (nSPS) is 11.4. The molecule has 6 heteroatoms. The van der Waals surface area contributed by atoms with Crippen molar-refractivity contribution in [2.45, 2.75) is 20.4 Å². The molecule has 0 aliphatic rings. The van der Waals surface area contributed by atoms with Crippen LogP contribution in [0.1, 0.15) is 22.4 Å². The topological polar surface area (TPSA) is 57.8 Å². The molecular weight excluding hydrogens is 437 g/mol. The minimum absolute atomic E-state index is 0.00265. The summed E-state index contributed by atoms with van der Waals surface area (Å²) in [5.74, 6) is -0.769. The number of aromatic nitrogens is 1. The summed E-state index contributed by atoms with van der Waals surface area (Å²) in [5.41, 5.74) is 5.03. The highest BCUT2D eigenvalue weighted by molar-refractivity contribution is 6.30. The van der Waals surface area contributed by atoms with E-state index in [2.05, 4.69) is 9.88 Å². The van der Waals surface area contributed by atoms with Crippen molar-refractivity contribution in [2.24, 2.45) is 0 Å². The second kappa shape index (κ2) is 9.32. The summed E-state index contributed by atoms with van der Waals surface area (Å²) in [7, 11) is 0. The van der Waals surface area contributed by atoms with Gasteiger partial charge in [-0.1, -0.05) is 41.9 Å². The molecule has 0 unspecified atom stereocenters. The van der Waals surface area contributed by atoms with Crippen LogP contribution in [-0.4, -0.2) is 10.5 Å². The third kappa shape index (κ3) is 4.67. The molecule has 164 valence electrons. The lowest BCUT2D eigenvalue weighted by Gasteiger charge is -2.09. The van der Waals surface area contributed by atoms with Gasteiger partial charge in [0.15, 0.2) is 0 Å². The van der Waals surface area contributed by atoms with E-state index in [9.17, 15) is 14.4 Å². The van der Waals surface area contributed by atoms with E-state index in [1.807, 2.05) is 44.2 Å². The van der Waals surface area contributed by atoms with Gasteiger partial charge in [0.05, 0.1) is 0 Å². The molecule has 0 saturated carbocycles. The molecule has 0 aliphatic heterocycles. The van der Waals surface area contributed by atoms with Gasteiger partial charge < -0.3 is 9.88 Å². The highest BCUT2D eigenvalue weighted by atomic mass is 35.5. The fourth-order valence-electron chi connectivity index (χ4n) is 3.87. The first-order chi connectivity index (χ1) is 15.9. The molecule has 1 amide bonds. The highest BCUT2D eigenvalue weighted by Crippen LogP contribution is 2.29. The van der Waals surface area contributed by atoms with E-state index in [-0.39, 0.29) is 11.4 Å². The molecule has 0 bridgehead atoms. The van der Waals surface area contributed by atoms with Crippen molar-refractivity contribution in [1.82, 2.24) is 4.57 Å². The Bertz CT molecular complexity index is 1430. The monoisotopic (exact) mass is 457 g/mol. The number of hydrogen-bond donors (Lipinski definition) is 1. The predicted molar refractivity (Wildman–Crippen MR) is 131 cm³/mol. The summed E-state index contributed by atoms with van der Waals surface area (Å²) in [6.45, 7) is 4.33. The smallest absolute Gasteiger partial charge is 0.266 e. The zero-order chi connectivity index (χ0) is 23.5. The quantitative estimate of drug-likeness (QED) is 0.269. The number of hydrogen-bond acceptors (Lipinski definition) is 2. The summed E-state index contributed by atoms with van der Waals surface area (Å²) in [5, 5.41) is 14.0. The zero-order valence-corrected chi connectivity index (χ0v) is 18.9. The van der Waals surface area contributed by atoms with Crippen LogP contribution in [0.15, 0.2) is 72.3 Å². The van der Waals surface area contributed by atoms with Crippen LogP contribution in [0.3, 0.4) is 0 Å². The number of halogens is 2. The second-order valence-electron chi connectivity index (χ2n) is 7.81. The van der Waals surface area contributed by atoms with E-state index in [1.165, 1.54) is 12.1 Å². The molecule has 0 aliphatic carbocycles. The van der Waals surface area contributed by atoms with Gasteiger partial charge in [-0.25, -0.2) is 4.39 Å². The summed E-state index contributed by atoms with van der Waals surface area (Å²) >= 11 is 5.99. The Morgan fingerprint density at radius 2 is 1.85 bits per heavy atom. The Hall–Kier alpha value is -3.88. The molecule has 4 nitrogen and oxygen atoms in total. The van der Waals surface area contributed by atoms with Gasteiger partial charge in [-0.3, -0.25) is 4.79 Å². The van der Waals surface area contributed by atoms with Gasteiger partial charge in [-0.15, -0.1) is 0 Å². The van der Waals surface area contributed by atoms with Crippen molar-refractivity contribution in [2.75, 3.05) is 5.32 Å². The van der Waals surface area contributed by atoms with E-state index in [1.54, 1.807) is 36.4 Å². The van der Waals surface area contributed by atoms with Crippen LogP contribution in [-0.2, 0) is 11.3 Å². The van der Waals surface area contributed by atoms with Gasteiger partial charge in [0, 0.05) is 39.4 Å². The number of carbonyl (C=O) groups excluding carboxylic acids is 1. The maximum Gasteiger partial charge on any atom is 0.266 e. The van der Waals surface area contributed by atoms with Crippen molar-refractivity contribution in [3.63, 3.8) is 0 Å². The van der Waals surface area contributed by atoms with E-state index in [0.717, 1.165) is 33.3 Å². The van der Waals surface area contributed by atoms with Gasteiger partial charge in [-0.05, 0) is 67.4 Å². The van der Waals surface area contributed by atoms with E-state index >= 15 is 0 Å². The van der Waals surface area contributed by atoms with Crippen LogP contribution >= 0.6 is 11.6 Å². The number of nitrogens with one attached hydrogen (secondary N) is 1. The molecule has 0 saturated heterocycles. The first kappa shape index (κ1) is 22.3. The fourth-order valence-corrected chi connectivity index (χ4v) is 4.09. The number of aryl methyl sites for hydroxylation is 1. The molecule has 0 radical (unpaired) electrons. The maximum absolute atomic E-state index is 13.3. The van der Waals surface area contributed by atoms with Crippen LogP contribution in [0, 0.1) is 31.0 Å². The molecule has 1 N–H and O–H groups in total. The van der Waals surface area contributed by atoms with Gasteiger partial charge in [0.25, 0.3) is 5.91 Å². The van der Waals surface area contributed by atoms with Crippen molar-refractivity contribution >= 4 is 40.2 Å². The lowest BCUT2D eigenvalue weighted by atomic mass is 10.1. The van der Waals surface area contributed by atoms with Crippen LogP contribution in [0.4, 0.5) is 10.1 Å². The molecule has 3 aromatic carbocycles. The second-order valence-corrected chi connectivity index (χ2v) is 8.25. The number of amides is 1. The Balaban J connectivity index is 1.73. The van der Waals surface area contributed by atoms with Crippen LogP contribution in [0.25, 0.3) is 17.0 Å². The first-order valence-electron chi connectivity index (χ1n) is 10.4. The van der Waals surface area contributed by atoms with Crippen molar-refractivity contribution in [1.29, 1.82) is 5.26 Å². The minimum atomic E-state index is -0.488. The van der Waals surface area contributed by atoms with Crippen molar-refractivity contribution in [3.8, 4) is 6.07 Å². The van der Waals surface area contributed by atoms with Crippen LogP contribution in [0.2, 0.25) is 5.02 Å². The number of nitrogens with zero attached hydrogens (tertiary/aromatic N) is 2. The van der Waals surface area contributed by atoms with Crippen LogP contribution < -0.4 is 5.32 Å². The molecule has 1 heterocycles. The highest BCUT2D eigenvalue weighted by Gasteiger charge is 2.17. The van der Waals surface area contributed by atoms with Crippen LogP contribution in [0.5, 0.6) is 0 Å². The summed E-state index contributed by atoms with van der Waals surface area (Å²) in [6.07, 6.45) is 1.62. The Kier molecular flexibility index (Phi) is 6.30. The molecule has 4 aromatic rings. The lowest BCUT2D eigenvalue weighted by Crippen LogP contribution is -2.14. The lowest BCUT2D eigenvalue weighted by molar-refractivity contribution is -0.112. The van der Waals surface area contributed by atoms with Gasteiger partial charge in [0.1, 0.15) is 17.5 Å². The van der Waals surface area contributed by atoms with Gasteiger partial charge in [-0.2, -0.15) is 5.26 Å². The number of carbonyl (C=O) groups is 1. The predicted octanol–water partition coefficient (Wildman–Crippen LogP) is 6.64. The molecule has 0 fully saturated rings. The first-order valence-corrected chi connectivity index (χ1v) is 10.8. The fraction of sp³-hybridized carbons (Fsp3) is 0.111. The number of anilines is 1. The average Bonchev–Trinajstić information content (AvgIpc) is 3.06. The number of benzene rings is 3. The largest absolute Gasteiger partial charge is 0.340 e. The standard InChI is InChI=1S/C27H21ClFN3O/c1-17-13-21(28)9-12-25(17)31-27(33)20(15-30)14-24-18(2)32(26-6-4-3-5-23(24)26)16-19-7-10-22(29)11-8-19/h3-14H,16H2,1-2H3,(H,31,33)/b20-14+. The Labute approximate surface area is 196 Å². The van der Waals surface area contributed by atoms with Crippen molar-refractivity contribution < 1.29 is 9.18 Å². The molecule has 1 aromatic heterocycles. The third-order valence-corrected chi connectivity index (χ3v) is 5.86. The van der Waals surface area contributed by atoms with Crippen molar-refractivity contribution in [3.05, 3.63) is 106 Å². The molecular formula is C27H21ClFN3O. The van der Waals surface area contributed by atoms with Gasteiger partial charge in [0.2, 0.25) is 0 Å². The number of nitriles is 1. The molecule has 33 heavy (non-hydrogen) atoms. The zero-order valence-electron chi connectivity index (χ0n) is 18.2. The minimum Gasteiger partial charge on any atom is -0.340 e.